The Hall–Kier alpha value is -3.68. The van der Waals surface area contributed by atoms with Crippen molar-refractivity contribution in [1.29, 1.82) is 0 Å². The molecule has 0 aliphatic rings. The highest BCUT2D eigenvalue weighted by molar-refractivity contribution is 5.99. The van der Waals surface area contributed by atoms with Crippen molar-refractivity contribution in [2.24, 2.45) is 0 Å². The van der Waals surface area contributed by atoms with E-state index >= 15 is 0 Å². The van der Waals surface area contributed by atoms with E-state index in [0.29, 0.717) is 12.2 Å². The summed E-state index contributed by atoms with van der Waals surface area (Å²) in [6, 6.07) is 13.1. The summed E-state index contributed by atoms with van der Waals surface area (Å²) >= 11 is 0. The molecule has 0 saturated heterocycles. The smallest absolute Gasteiger partial charge is 0.333 e. The van der Waals surface area contributed by atoms with E-state index < -0.39 is 16.8 Å². The van der Waals surface area contributed by atoms with E-state index in [1.165, 1.54) is 23.1 Å². The lowest BCUT2D eigenvalue weighted by Gasteiger charge is -2.25. The Balaban J connectivity index is 1.95. The van der Waals surface area contributed by atoms with Crippen LogP contribution in [-0.4, -0.2) is 44.9 Å². The summed E-state index contributed by atoms with van der Waals surface area (Å²) < 4.78 is 1.05. The molecule has 31 heavy (non-hydrogen) atoms. The molecule has 0 saturated carbocycles. The Labute approximate surface area is 179 Å². The fraction of sp³-hybridized carbons (Fsp3) is 0.304. The summed E-state index contributed by atoms with van der Waals surface area (Å²) in [4.78, 5) is 54.7. The maximum atomic E-state index is 12.9. The zero-order valence-corrected chi connectivity index (χ0v) is 18.1. The van der Waals surface area contributed by atoms with Crippen LogP contribution in [0.4, 0.5) is 0 Å². The van der Waals surface area contributed by atoms with E-state index in [1.807, 2.05) is 20.8 Å². The maximum absolute atomic E-state index is 12.9. The first-order chi connectivity index (χ1) is 14.6. The van der Waals surface area contributed by atoms with Crippen molar-refractivity contribution in [2.45, 2.75) is 33.2 Å². The number of likely N-dealkylation sites (N-methyl/N-ethyl adjacent to an activating group) is 1. The summed E-state index contributed by atoms with van der Waals surface area (Å²) in [6.07, 6.45) is 0. The molecule has 0 atom stereocenters. The van der Waals surface area contributed by atoms with E-state index in [9.17, 15) is 19.2 Å². The number of fused-ring (bicyclic) bond motifs is 1. The number of para-hydroxylation sites is 1. The molecule has 2 N–H and O–H groups in total. The number of H-pyrrole nitrogens is 1. The van der Waals surface area contributed by atoms with Gasteiger partial charge in [0.1, 0.15) is 0 Å². The molecule has 2 aromatic carbocycles. The molecule has 3 aromatic rings. The molecule has 1 heterocycles. The number of carbonyl (C=O) groups is 2. The van der Waals surface area contributed by atoms with Crippen molar-refractivity contribution in [3.8, 4) is 5.69 Å². The maximum Gasteiger partial charge on any atom is 0.333 e. The lowest BCUT2D eigenvalue weighted by atomic mass is 10.1. The quantitative estimate of drug-likeness (QED) is 0.657. The van der Waals surface area contributed by atoms with Crippen LogP contribution < -0.4 is 16.6 Å². The number of carbonyl (C=O) groups excluding carboxylic acids is 2. The summed E-state index contributed by atoms with van der Waals surface area (Å²) in [7, 11) is 0. The zero-order valence-electron chi connectivity index (χ0n) is 18.1. The predicted molar refractivity (Wildman–Crippen MR) is 120 cm³/mol. The molecule has 0 aliphatic carbocycles. The van der Waals surface area contributed by atoms with Gasteiger partial charge >= 0.3 is 5.69 Å². The summed E-state index contributed by atoms with van der Waals surface area (Å²) in [5, 5.41) is 3.12. The van der Waals surface area contributed by atoms with Gasteiger partial charge in [-0.25, -0.2) is 9.36 Å². The Kier molecular flexibility index (Phi) is 6.10. The third-order valence-electron chi connectivity index (χ3n) is 4.68. The number of benzene rings is 2. The summed E-state index contributed by atoms with van der Waals surface area (Å²) in [5.41, 5.74) is -0.460. The molecule has 8 nitrogen and oxygen atoms in total. The monoisotopic (exact) mass is 422 g/mol. The molecule has 0 aliphatic heterocycles. The lowest BCUT2D eigenvalue weighted by Crippen LogP contribution is -2.47. The van der Waals surface area contributed by atoms with Crippen molar-refractivity contribution in [1.82, 2.24) is 19.8 Å². The standard InChI is InChI=1S/C23H26N4O4/c1-5-26(14-19(28)25-23(2,3)4)20(29)15-11-12-17-18(13-15)24-22(31)27(21(17)30)16-9-7-6-8-10-16/h6-13H,5,14H2,1-4H3,(H,24,31)(H,25,28). The SMILES string of the molecule is CCN(CC(=O)NC(C)(C)C)C(=O)c1ccc2c(=O)n(-c3ccccc3)c(=O)[nH]c2c1. The van der Waals surface area contributed by atoms with Crippen molar-refractivity contribution in [3.63, 3.8) is 0 Å². The minimum atomic E-state index is -0.592. The van der Waals surface area contributed by atoms with Crippen molar-refractivity contribution >= 4 is 22.7 Å². The molecule has 0 fully saturated rings. The van der Waals surface area contributed by atoms with Crippen LogP contribution in [-0.2, 0) is 4.79 Å². The van der Waals surface area contributed by atoms with Gasteiger partial charge in [-0.15, -0.1) is 0 Å². The first kappa shape index (κ1) is 22.0. The van der Waals surface area contributed by atoms with Gasteiger partial charge in [0.2, 0.25) is 5.91 Å². The molecule has 0 unspecified atom stereocenters. The average Bonchev–Trinajstić information content (AvgIpc) is 2.70. The van der Waals surface area contributed by atoms with Crippen LogP contribution in [0, 0.1) is 0 Å². The first-order valence-electron chi connectivity index (χ1n) is 10.1. The van der Waals surface area contributed by atoms with E-state index in [4.69, 9.17) is 0 Å². The molecule has 3 rings (SSSR count). The topological polar surface area (TPSA) is 104 Å². The number of amides is 2. The van der Waals surface area contributed by atoms with E-state index in [2.05, 4.69) is 10.3 Å². The van der Waals surface area contributed by atoms with Crippen molar-refractivity contribution in [3.05, 3.63) is 74.9 Å². The molecule has 8 heteroatoms. The molecule has 0 radical (unpaired) electrons. The van der Waals surface area contributed by atoms with Gasteiger partial charge in [0.05, 0.1) is 23.1 Å². The Morgan fingerprint density at radius 3 is 2.35 bits per heavy atom. The average molecular weight is 422 g/mol. The number of aromatic amines is 1. The molecule has 2 amide bonds. The minimum absolute atomic E-state index is 0.0865. The fourth-order valence-electron chi connectivity index (χ4n) is 3.30. The number of hydrogen-bond acceptors (Lipinski definition) is 4. The van der Waals surface area contributed by atoms with Gasteiger partial charge in [-0.05, 0) is 58.0 Å². The van der Waals surface area contributed by atoms with Crippen LogP contribution in [0.1, 0.15) is 38.1 Å². The Bertz CT molecular complexity index is 1240. The van der Waals surface area contributed by atoms with E-state index in [1.54, 1.807) is 37.3 Å². The second kappa shape index (κ2) is 8.59. The van der Waals surface area contributed by atoms with E-state index in [-0.39, 0.29) is 34.8 Å². The molecule has 1 aromatic heterocycles. The second-order valence-corrected chi connectivity index (χ2v) is 8.28. The number of aromatic nitrogens is 2. The van der Waals surface area contributed by atoms with Crippen LogP contribution in [0.15, 0.2) is 58.1 Å². The summed E-state index contributed by atoms with van der Waals surface area (Å²) in [6.45, 7) is 7.63. The van der Waals surface area contributed by atoms with Crippen LogP contribution >= 0.6 is 0 Å². The molecule has 162 valence electrons. The molecular formula is C23H26N4O4. The van der Waals surface area contributed by atoms with Gasteiger partial charge in [0.25, 0.3) is 11.5 Å². The molecule has 0 spiro atoms. The van der Waals surface area contributed by atoms with Gasteiger partial charge in [-0.3, -0.25) is 14.4 Å². The van der Waals surface area contributed by atoms with Crippen LogP contribution in [0.5, 0.6) is 0 Å². The second-order valence-electron chi connectivity index (χ2n) is 8.28. The van der Waals surface area contributed by atoms with Gasteiger partial charge in [-0.2, -0.15) is 0 Å². The van der Waals surface area contributed by atoms with Crippen molar-refractivity contribution in [2.75, 3.05) is 13.1 Å². The van der Waals surface area contributed by atoms with E-state index in [0.717, 1.165) is 4.57 Å². The number of rotatable bonds is 5. The number of nitrogens with zero attached hydrogens (tertiary/aromatic N) is 2. The highest BCUT2D eigenvalue weighted by Gasteiger charge is 2.21. The number of nitrogens with one attached hydrogen (secondary N) is 2. The predicted octanol–water partition coefficient (Wildman–Crippen LogP) is 2.06. The molecular weight excluding hydrogens is 396 g/mol. The number of hydrogen-bond donors (Lipinski definition) is 2. The minimum Gasteiger partial charge on any atom is -0.350 e. The fourth-order valence-corrected chi connectivity index (χ4v) is 3.30. The Morgan fingerprint density at radius 2 is 1.74 bits per heavy atom. The van der Waals surface area contributed by atoms with Crippen LogP contribution in [0.3, 0.4) is 0 Å². The van der Waals surface area contributed by atoms with Gasteiger partial charge in [0.15, 0.2) is 0 Å². The largest absolute Gasteiger partial charge is 0.350 e. The van der Waals surface area contributed by atoms with Gasteiger partial charge in [0, 0.05) is 17.6 Å². The first-order valence-corrected chi connectivity index (χ1v) is 10.1. The Morgan fingerprint density at radius 1 is 1.06 bits per heavy atom. The highest BCUT2D eigenvalue weighted by Crippen LogP contribution is 2.13. The van der Waals surface area contributed by atoms with Crippen LogP contribution in [0.2, 0.25) is 0 Å². The van der Waals surface area contributed by atoms with Crippen molar-refractivity contribution < 1.29 is 9.59 Å². The van der Waals surface area contributed by atoms with Crippen LogP contribution in [0.25, 0.3) is 16.6 Å². The van der Waals surface area contributed by atoms with Gasteiger partial charge in [-0.1, -0.05) is 18.2 Å². The lowest BCUT2D eigenvalue weighted by molar-refractivity contribution is -0.123. The third kappa shape index (κ3) is 4.91. The highest BCUT2D eigenvalue weighted by atomic mass is 16.2. The summed E-state index contributed by atoms with van der Waals surface area (Å²) in [5.74, 6) is -0.621. The van der Waals surface area contributed by atoms with Gasteiger partial charge < -0.3 is 15.2 Å². The zero-order chi connectivity index (χ0) is 22.8. The molecule has 0 bridgehead atoms. The normalized spacial score (nSPS) is 11.4. The third-order valence-corrected chi connectivity index (χ3v) is 4.68.